The van der Waals surface area contributed by atoms with Gasteiger partial charge in [-0.2, -0.15) is 5.10 Å². The summed E-state index contributed by atoms with van der Waals surface area (Å²) in [7, 11) is 3.35. The van der Waals surface area contributed by atoms with E-state index < -0.39 is 0 Å². The molecular formula is C30H31N3O3. The van der Waals surface area contributed by atoms with Crippen LogP contribution in [-0.2, 0) is 4.79 Å². The van der Waals surface area contributed by atoms with E-state index in [1.165, 1.54) is 25.3 Å². The summed E-state index contributed by atoms with van der Waals surface area (Å²) in [6.07, 6.45) is 4.68. The summed E-state index contributed by atoms with van der Waals surface area (Å²) in [5.74, 6) is 1.67. The lowest BCUT2D eigenvalue weighted by Crippen LogP contribution is -2.29. The van der Waals surface area contributed by atoms with Crippen LogP contribution in [0, 0.1) is 0 Å². The largest absolute Gasteiger partial charge is 0.493 e. The Kier molecular flexibility index (Phi) is 6.85. The molecule has 184 valence electrons. The average Bonchev–Trinajstić information content (AvgIpc) is 2.92. The predicted molar refractivity (Wildman–Crippen MR) is 143 cm³/mol. The van der Waals surface area contributed by atoms with E-state index in [-0.39, 0.29) is 11.9 Å². The third-order valence-electron chi connectivity index (χ3n) is 7.04. The molecule has 0 unspecified atom stereocenters. The molecule has 36 heavy (non-hydrogen) atoms. The molecule has 1 heterocycles. The number of nitrogens with one attached hydrogen (secondary N) is 1. The fraction of sp³-hybridized carbons (Fsp3) is 0.300. The molecule has 1 aliphatic carbocycles. The molecule has 6 heteroatoms. The quantitative estimate of drug-likeness (QED) is 0.375. The number of aliphatic imine (C=N–C) groups is 1. The van der Waals surface area contributed by atoms with Gasteiger partial charge in [0.1, 0.15) is 0 Å². The normalized spacial score (nSPS) is 19.0. The number of fused-ring (bicyclic) bond motifs is 3. The van der Waals surface area contributed by atoms with Crippen molar-refractivity contribution in [2.75, 3.05) is 14.2 Å². The molecule has 1 fully saturated rings. The SMILES string of the molecule is COc1cc2c(cc1OC)[C@H]1CCCC[C@H]1N=C2c1ccc(C(=NNC(C)=O)c2ccccc2)cc1. The highest BCUT2D eigenvalue weighted by Crippen LogP contribution is 2.44. The molecule has 3 aromatic carbocycles. The molecule has 1 amide bonds. The van der Waals surface area contributed by atoms with Gasteiger partial charge in [0, 0.05) is 35.1 Å². The van der Waals surface area contributed by atoms with Crippen LogP contribution in [0.3, 0.4) is 0 Å². The fourth-order valence-corrected chi connectivity index (χ4v) is 5.31. The zero-order valence-corrected chi connectivity index (χ0v) is 21.0. The maximum absolute atomic E-state index is 11.5. The van der Waals surface area contributed by atoms with Crippen LogP contribution in [0.5, 0.6) is 11.5 Å². The standard InChI is InChI=1S/C30H31N3O3/c1-19(34)32-33-29(20-9-5-4-6-10-20)21-13-15-22(16-14-21)30-25-18-28(36-3)27(35-2)17-24(25)23-11-7-8-12-26(23)31-30/h4-6,9-10,13-18,23,26H,7-8,11-12H2,1-3H3,(H,32,34)/t23-,26-/m1/s1. The van der Waals surface area contributed by atoms with E-state index in [0.717, 1.165) is 46.6 Å². The van der Waals surface area contributed by atoms with Gasteiger partial charge in [0.15, 0.2) is 11.5 Å². The van der Waals surface area contributed by atoms with Crippen molar-refractivity contribution in [3.05, 3.63) is 94.5 Å². The number of carbonyl (C=O) groups excluding carboxylic acids is 1. The summed E-state index contributed by atoms with van der Waals surface area (Å²) in [4.78, 5) is 16.8. The van der Waals surface area contributed by atoms with Gasteiger partial charge in [-0.25, -0.2) is 5.43 Å². The number of carbonyl (C=O) groups is 1. The number of hydrogen-bond donors (Lipinski definition) is 1. The lowest BCUT2D eigenvalue weighted by molar-refractivity contribution is -0.118. The van der Waals surface area contributed by atoms with E-state index in [2.05, 4.69) is 34.8 Å². The number of methoxy groups -OCH3 is 2. The molecule has 5 rings (SSSR count). The molecule has 0 bridgehead atoms. The van der Waals surface area contributed by atoms with Gasteiger partial charge in [0.2, 0.25) is 5.91 Å². The van der Waals surface area contributed by atoms with Crippen molar-refractivity contribution < 1.29 is 14.3 Å². The van der Waals surface area contributed by atoms with Crippen LogP contribution in [0.15, 0.2) is 76.8 Å². The summed E-state index contributed by atoms with van der Waals surface area (Å²) in [5, 5.41) is 4.39. The maximum Gasteiger partial charge on any atom is 0.236 e. The lowest BCUT2D eigenvalue weighted by atomic mass is 9.75. The van der Waals surface area contributed by atoms with Crippen LogP contribution in [0.2, 0.25) is 0 Å². The van der Waals surface area contributed by atoms with Gasteiger partial charge in [0.05, 0.1) is 31.7 Å². The number of ether oxygens (including phenoxy) is 2. The van der Waals surface area contributed by atoms with Crippen molar-refractivity contribution in [2.45, 2.75) is 44.6 Å². The first-order chi connectivity index (χ1) is 17.6. The Bertz CT molecular complexity index is 1310. The van der Waals surface area contributed by atoms with Crippen molar-refractivity contribution in [3.63, 3.8) is 0 Å². The molecule has 0 saturated heterocycles. The van der Waals surface area contributed by atoms with Crippen molar-refractivity contribution in [1.29, 1.82) is 0 Å². The van der Waals surface area contributed by atoms with Gasteiger partial charge in [0.25, 0.3) is 0 Å². The summed E-state index contributed by atoms with van der Waals surface area (Å²) in [6.45, 7) is 1.45. The number of rotatable bonds is 6. The van der Waals surface area contributed by atoms with E-state index in [4.69, 9.17) is 14.5 Å². The molecule has 0 aromatic heterocycles. The van der Waals surface area contributed by atoms with Gasteiger partial charge in [-0.3, -0.25) is 9.79 Å². The minimum absolute atomic E-state index is 0.209. The highest BCUT2D eigenvalue weighted by molar-refractivity contribution is 6.16. The molecule has 2 atom stereocenters. The van der Waals surface area contributed by atoms with Crippen LogP contribution in [0.4, 0.5) is 0 Å². The van der Waals surface area contributed by atoms with E-state index in [1.54, 1.807) is 14.2 Å². The van der Waals surface area contributed by atoms with E-state index >= 15 is 0 Å². The molecule has 0 radical (unpaired) electrons. The lowest BCUT2D eigenvalue weighted by Gasteiger charge is -2.35. The molecule has 1 aliphatic heterocycles. The second-order valence-corrected chi connectivity index (χ2v) is 9.30. The number of nitrogens with zero attached hydrogens (tertiary/aromatic N) is 2. The Morgan fingerprint density at radius 3 is 2.28 bits per heavy atom. The van der Waals surface area contributed by atoms with Gasteiger partial charge in [-0.15, -0.1) is 0 Å². The zero-order chi connectivity index (χ0) is 25.1. The van der Waals surface area contributed by atoms with Crippen molar-refractivity contribution in [2.24, 2.45) is 10.1 Å². The van der Waals surface area contributed by atoms with Crippen LogP contribution in [-0.4, -0.2) is 37.6 Å². The van der Waals surface area contributed by atoms with Gasteiger partial charge < -0.3 is 9.47 Å². The first-order valence-corrected chi connectivity index (χ1v) is 12.4. The number of amides is 1. The van der Waals surface area contributed by atoms with E-state index in [0.29, 0.717) is 17.4 Å². The Morgan fingerprint density at radius 1 is 0.917 bits per heavy atom. The highest BCUT2D eigenvalue weighted by atomic mass is 16.5. The van der Waals surface area contributed by atoms with E-state index in [9.17, 15) is 4.79 Å². The minimum atomic E-state index is -0.209. The second-order valence-electron chi connectivity index (χ2n) is 9.30. The van der Waals surface area contributed by atoms with Crippen molar-refractivity contribution in [1.82, 2.24) is 5.43 Å². The van der Waals surface area contributed by atoms with E-state index in [1.807, 2.05) is 42.5 Å². The Hall–Kier alpha value is -3.93. The first kappa shape index (κ1) is 23.8. The third-order valence-corrected chi connectivity index (χ3v) is 7.04. The van der Waals surface area contributed by atoms with Crippen LogP contribution in [0.25, 0.3) is 0 Å². The van der Waals surface area contributed by atoms with Gasteiger partial charge >= 0.3 is 0 Å². The summed E-state index contributed by atoms with van der Waals surface area (Å²) >= 11 is 0. The third kappa shape index (κ3) is 4.63. The van der Waals surface area contributed by atoms with Crippen LogP contribution in [0.1, 0.15) is 66.3 Å². The minimum Gasteiger partial charge on any atom is -0.493 e. The monoisotopic (exact) mass is 481 g/mol. The number of hydrogen-bond acceptors (Lipinski definition) is 5. The predicted octanol–water partition coefficient (Wildman–Crippen LogP) is 5.47. The smallest absolute Gasteiger partial charge is 0.236 e. The summed E-state index contributed by atoms with van der Waals surface area (Å²) < 4.78 is 11.3. The summed E-state index contributed by atoms with van der Waals surface area (Å²) in [5.41, 5.74) is 9.58. The highest BCUT2D eigenvalue weighted by Gasteiger charge is 2.34. The van der Waals surface area contributed by atoms with Crippen LogP contribution < -0.4 is 14.9 Å². The number of benzene rings is 3. The first-order valence-electron chi connectivity index (χ1n) is 12.4. The van der Waals surface area contributed by atoms with Crippen molar-refractivity contribution in [3.8, 4) is 11.5 Å². The molecule has 3 aromatic rings. The van der Waals surface area contributed by atoms with Crippen molar-refractivity contribution >= 4 is 17.3 Å². The Labute approximate surface area is 212 Å². The molecule has 0 spiro atoms. The molecule has 6 nitrogen and oxygen atoms in total. The Balaban J connectivity index is 1.56. The number of hydrazone groups is 1. The van der Waals surface area contributed by atoms with Gasteiger partial charge in [-0.1, -0.05) is 67.4 Å². The molecule has 2 aliphatic rings. The second kappa shape index (κ2) is 10.4. The maximum atomic E-state index is 11.5. The topological polar surface area (TPSA) is 72.3 Å². The Morgan fingerprint density at radius 2 is 1.58 bits per heavy atom. The average molecular weight is 482 g/mol. The zero-order valence-electron chi connectivity index (χ0n) is 21.0. The molecule has 1 N–H and O–H groups in total. The summed E-state index contributed by atoms with van der Waals surface area (Å²) in [6, 6.07) is 22.6. The molecular weight excluding hydrogens is 450 g/mol. The molecule has 1 saturated carbocycles. The van der Waals surface area contributed by atoms with Gasteiger partial charge in [-0.05, 0) is 30.5 Å². The van der Waals surface area contributed by atoms with Crippen LogP contribution >= 0.6 is 0 Å². The fourth-order valence-electron chi connectivity index (χ4n) is 5.31.